The van der Waals surface area contributed by atoms with E-state index in [9.17, 15) is 9.59 Å². The second kappa shape index (κ2) is 6.77. The summed E-state index contributed by atoms with van der Waals surface area (Å²) >= 11 is 0. The van der Waals surface area contributed by atoms with Crippen molar-refractivity contribution in [2.24, 2.45) is 9.98 Å². The number of hydrogen-bond donors (Lipinski definition) is 0. The van der Waals surface area contributed by atoms with Crippen molar-refractivity contribution in [3.8, 4) is 0 Å². The zero-order valence-electron chi connectivity index (χ0n) is 12.8. The molecule has 0 saturated heterocycles. The summed E-state index contributed by atoms with van der Waals surface area (Å²) in [6, 6.07) is 11.6. The van der Waals surface area contributed by atoms with Gasteiger partial charge in [-0.2, -0.15) is 9.98 Å². The second-order valence-electron chi connectivity index (χ2n) is 5.22. The van der Waals surface area contributed by atoms with Gasteiger partial charge in [0.1, 0.15) is 0 Å². The predicted octanol–water partition coefficient (Wildman–Crippen LogP) is 4.39. The maximum Gasteiger partial charge on any atom is 0.240 e. The molecule has 0 N–H and O–H groups in total. The van der Waals surface area contributed by atoms with E-state index < -0.39 is 0 Å². The van der Waals surface area contributed by atoms with E-state index in [1.54, 1.807) is 12.2 Å². The molecule has 0 saturated carbocycles. The summed E-state index contributed by atoms with van der Waals surface area (Å²) < 4.78 is 0. The Morgan fingerprint density at radius 3 is 1.55 bits per heavy atom. The Hall–Kier alpha value is -2.80. The molecule has 0 aromatic heterocycles. The van der Waals surface area contributed by atoms with E-state index in [2.05, 4.69) is 16.9 Å². The molecule has 0 bridgehead atoms. The normalized spacial score (nSPS) is 11.2. The average Bonchev–Trinajstić information content (AvgIpc) is 2.51. The van der Waals surface area contributed by atoms with Gasteiger partial charge in [-0.25, -0.2) is 9.59 Å². The van der Waals surface area contributed by atoms with E-state index in [4.69, 9.17) is 0 Å². The molecular weight excluding hydrogens is 276 g/mol. The molecule has 0 atom stereocenters. The molecule has 0 heterocycles. The Kier molecular flexibility index (Phi) is 4.80. The quantitative estimate of drug-likeness (QED) is 0.619. The number of nitrogens with zero attached hydrogens (tertiary/aromatic N) is 2. The molecule has 0 aliphatic heterocycles. The molecule has 0 aliphatic carbocycles. The van der Waals surface area contributed by atoms with E-state index in [0.717, 1.165) is 22.3 Å². The lowest BCUT2D eigenvalue weighted by atomic mass is 9.90. The van der Waals surface area contributed by atoms with E-state index in [0.29, 0.717) is 11.4 Å². The van der Waals surface area contributed by atoms with E-state index in [1.165, 1.54) is 0 Å². The standard InChI is InChI=1S/C18H16N2O2/c1-12-8-15(4-6-17(12)19-10-21)14(3)16-5-7-18(20-11-22)13(2)9-16/h4-9,14H,1-3H3. The highest BCUT2D eigenvalue weighted by Crippen LogP contribution is 2.30. The molecular formula is C18H16N2O2. The summed E-state index contributed by atoms with van der Waals surface area (Å²) in [5.41, 5.74) is 5.41. The molecule has 0 fully saturated rings. The number of benzene rings is 2. The number of aliphatic imine (C=N–C) groups is 2. The van der Waals surface area contributed by atoms with Gasteiger partial charge in [0.2, 0.25) is 12.2 Å². The minimum absolute atomic E-state index is 0.181. The Morgan fingerprint density at radius 2 is 1.23 bits per heavy atom. The Morgan fingerprint density at radius 1 is 0.818 bits per heavy atom. The summed E-state index contributed by atoms with van der Waals surface area (Å²) in [4.78, 5) is 28.1. The van der Waals surface area contributed by atoms with Crippen LogP contribution in [0, 0.1) is 13.8 Å². The zero-order chi connectivity index (χ0) is 16.1. The third-order valence-corrected chi connectivity index (χ3v) is 3.77. The van der Waals surface area contributed by atoms with E-state index in [1.807, 2.05) is 50.2 Å². The Balaban J connectivity index is 2.37. The first-order valence-corrected chi connectivity index (χ1v) is 6.93. The van der Waals surface area contributed by atoms with Crippen LogP contribution in [0.1, 0.15) is 35.1 Å². The molecule has 2 aromatic rings. The van der Waals surface area contributed by atoms with Crippen LogP contribution in [0.25, 0.3) is 0 Å². The molecule has 0 radical (unpaired) electrons. The van der Waals surface area contributed by atoms with Crippen LogP contribution in [-0.4, -0.2) is 12.2 Å². The van der Waals surface area contributed by atoms with Gasteiger partial charge in [-0.15, -0.1) is 0 Å². The molecule has 110 valence electrons. The van der Waals surface area contributed by atoms with Gasteiger partial charge in [-0.3, -0.25) is 0 Å². The first-order chi connectivity index (χ1) is 10.6. The smallest absolute Gasteiger partial charge is 0.211 e. The zero-order valence-corrected chi connectivity index (χ0v) is 12.8. The fourth-order valence-corrected chi connectivity index (χ4v) is 2.44. The largest absolute Gasteiger partial charge is 0.240 e. The number of isocyanates is 2. The number of hydrogen-bond acceptors (Lipinski definition) is 4. The minimum Gasteiger partial charge on any atom is -0.211 e. The van der Waals surface area contributed by atoms with Crippen LogP contribution < -0.4 is 0 Å². The maximum atomic E-state index is 10.4. The van der Waals surface area contributed by atoms with Gasteiger partial charge in [0, 0.05) is 5.92 Å². The van der Waals surface area contributed by atoms with Gasteiger partial charge >= 0.3 is 0 Å². The van der Waals surface area contributed by atoms with Crippen LogP contribution in [0.4, 0.5) is 11.4 Å². The molecule has 22 heavy (non-hydrogen) atoms. The van der Waals surface area contributed by atoms with Crippen LogP contribution >= 0.6 is 0 Å². The summed E-state index contributed by atoms with van der Waals surface area (Å²) in [5.74, 6) is 0.181. The summed E-state index contributed by atoms with van der Waals surface area (Å²) in [6.45, 7) is 5.94. The number of rotatable bonds is 4. The van der Waals surface area contributed by atoms with Crippen molar-refractivity contribution in [1.82, 2.24) is 0 Å². The highest BCUT2D eigenvalue weighted by molar-refractivity contribution is 5.57. The number of carbonyl (C=O) groups excluding carboxylic acids is 2. The minimum atomic E-state index is 0.181. The molecule has 0 unspecified atom stereocenters. The molecule has 2 aromatic carbocycles. The lowest BCUT2D eigenvalue weighted by Crippen LogP contribution is -1.97. The van der Waals surface area contributed by atoms with Crippen molar-refractivity contribution in [3.63, 3.8) is 0 Å². The van der Waals surface area contributed by atoms with Gasteiger partial charge in [-0.05, 0) is 48.2 Å². The fourth-order valence-electron chi connectivity index (χ4n) is 2.44. The molecule has 4 nitrogen and oxygen atoms in total. The highest BCUT2D eigenvalue weighted by Gasteiger charge is 2.11. The number of aryl methyl sites for hydroxylation is 2. The average molecular weight is 292 g/mol. The van der Waals surface area contributed by atoms with Gasteiger partial charge < -0.3 is 0 Å². The van der Waals surface area contributed by atoms with Crippen LogP contribution in [0.15, 0.2) is 46.4 Å². The highest BCUT2D eigenvalue weighted by atomic mass is 16.1. The SMILES string of the molecule is Cc1cc(C(C)c2ccc(N=C=O)c(C)c2)ccc1N=C=O. The summed E-state index contributed by atoms with van der Waals surface area (Å²) in [5, 5.41) is 0. The van der Waals surface area contributed by atoms with Crippen molar-refractivity contribution in [2.75, 3.05) is 0 Å². The Bertz CT molecular complexity index is 731. The van der Waals surface area contributed by atoms with Crippen molar-refractivity contribution in [1.29, 1.82) is 0 Å². The molecule has 4 heteroatoms. The monoisotopic (exact) mass is 292 g/mol. The first kappa shape index (κ1) is 15.6. The Labute approximate surface area is 129 Å². The topological polar surface area (TPSA) is 58.9 Å². The third kappa shape index (κ3) is 3.26. The van der Waals surface area contributed by atoms with Gasteiger partial charge in [0.05, 0.1) is 11.4 Å². The van der Waals surface area contributed by atoms with Crippen LogP contribution in [0.3, 0.4) is 0 Å². The van der Waals surface area contributed by atoms with Crippen LogP contribution in [-0.2, 0) is 9.59 Å². The van der Waals surface area contributed by atoms with Crippen molar-refractivity contribution >= 4 is 23.5 Å². The van der Waals surface area contributed by atoms with Gasteiger partial charge in [-0.1, -0.05) is 31.2 Å². The molecule has 0 spiro atoms. The molecule has 0 aliphatic rings. The van der Waals surface area contributed by atoms with Crippen LogP contribution in [0.2, 0.25) is 0 Å². The second-order valence-corrected chi connectivity index (χ2v) is 5.22. The lowest BCUT2D eigenvalue weighted by molar-refractivity contribution is 0.564. The predicted molar refractivity (Wildman–Crippen MR) is 85.4 cm³/mol. The maximum absolute atomic E-state index is 10.4. The van der Waals surface area contributed by atoms with Gasteiger partial charge in [0.25, 0.3) is 0 Å². The summed E-state index contributed by atoms with van der Waals surface area (Å²) in [7, 11) is 0. The lowest BCUT2D eigenvalue weighted by Gasteiger charge is -2.15. The van der Waals surface area contributed by atoms with Crippen molar-refractivity contribution in [3.05, 3.63) is 58.7 Å². The van der Waals surface area contributed by atoms with E-state index in [-0.39, 0.29) is 5.92 Å². The van der Waals surface area contributed by atoms with E-state index >= 15 is 0 Å². The third-order valence-electron chi connectivity index (χ3n) is 3.77. The van der Waals surface area contributed by atoms with Crippen molar-refractivity contribution < 1.29 is 9.59 Å². The van der Waals surface area contributed by atoms with Crippen LogP contribution in [0.5, 0.6) is 0 Å². The summed E-state index contributed by atoms with van der Waals surface area (Å²) in [6.07, 6.45) is 3.13. The molecule has 2 rings (SSSR count). The van der Waals surface area contributed by atoms with Gasteiger partial charge in [0.15, 0.2) is 0 Å². The van der Waals surface area contributed by atoms with Crippen molar-refractivity contribution in [2.45, 2.75) is 26.7 Å². The fraction of sp³-hybridized carbons (Fsp3) is 0.222. The first-order valence-electron chi connectivity index (χ1n) is 6.93. The molecule has 0 amide bonds.